The molecule has 4 rings (SSSR count). The summed E-state index contributed by atoms with van der Waals surface area (Å²) in [6, 6.07) is 17.0. The monoisotopic (exact) mass is 565 g/mol. The van der Waals surface area contributed by atoms with Crippen LogP contribution in [0.1, 0.15) is 46.7 Å². The number of benzene rings is 2. The average Bonchev–Trinajstić information content (AvgIpc) is 3.44. The molecule has 0 bridgehead atoms. The van der Waals surface area contributed by atoms with Gasteiger partial charge in [0.05, 0.1) is 11.6 Å². The van der Waals surface area contributed by atoms with E-state index in [1.165, 1.54) is 11.3 Å². The van der Waals surface area contributed by atoms with Gasteiger partial charge in [-0.25, -0.2) is 9.78 Å². The van der Waals surface area contributed by atoms with Crippen LogP contribution >= 0.6 is 23.6 Å². The standard InChI is InChI=1S/C29H35N5O3S2/c1-4-37-28(36)24(18-20-8-6-5-7-9-20)31-26(35)25-19-39-27(32-25)21-14-16-34(17-15-21)29(38)30-22-10-12-23(13-11-22)33(2)3/h5-13,19,21,24H,4,14-18H2,1-3H3,(H,30,38)(H,31,35). The number of nitrogens with one attached hydrogen (secondary N) is 2. The number of piperidine rings is 1. The van der Waals surface area contributed by atoms with Gasteiger partial charge >= 0.3 is 5.97 Å². The van der Waals surface area contributed by atoms with Gasteiger partial charge in [0.2, 0.25) is 0 Å². The van der Waals surface area contributed by atoms with E-state index in [9.17, 15) is 9.59 Å². The predicted octanol–water partition coefficient (Wildman–Crippen LogP) is 4.69. The molecule has 1 aromatic heterocycles. The minimum absolute atomic E-state index is 0.251. The molecule has 8 nitrogen and oxygen atoms in total. The van der Waals surface area contributed by atoms with Crippen LogP contribution in [0, 0.1) is 0 Å². The number of hydrogen-bond donors (Lipinski definition) is 2. The number of hydrogen-bond acceptors (Lipinski definition) is 7. The Hall–Kier alpha value is -3.50. The van der Waals surface area contributed by atoms with Gasteiger partial charge in [0.15, 0.2) is 5.11 Å². The van der Waals surface area contributed by atoms with Crippen LogP contribution < -0.4 is 15.5 Å². The molecule has 3 aromatic rings. The molecule has 2 heterocycles. The lowest BCUT2D eigenvalue weighted by molar-refractivity contribution is -0.145. The molecule has 1 unspecified atom stereocenters. The SMILES string of the molecule is CCOC(=O)C(Cc1ccccc1)NC(=O)c1csc(C2CCN(C(=S)Nc3ccc(N(C)C)cc3)CC2)n1. The Bertz CT molecular complexity index is 1260. The zero-order valence-electron chi connectivity index (χ0n) is 22.6. The second-order valence-electron chi connectivity index (χ2n) is 9.67. The molecule has 39 heavy (non-hydrogen) atoms. The van der Waals surface area contributed by atoms with Crippen LogP contribution in [0.3, 0.4) is 0 Å². The van der Waals surface area contributed by atoms with E-state index in [4.69, 9.17) is 17.0 Å². The maximum Gasteiger partial charge on any atom is 0.328 e. The number of ether oxygens (including phenoxy) is 1. The van der Waals surface area contributed by atoms with Crippen LogP contribution in [0.2, 0.25) is 0 Å². The molecule has 1 fully saturated rings. The highest BCUT2D eigenvalue weighted by atomic mass is 32.1. The number of thiocarbonyl (C=S) groups is 1. The van der Waals surface area contributed by atoms with E-state index < -0.39 is 12.0 Å². The highest BCUT2D eigenvalue weighted by molar-refractivity contribution is 7.80. The Morgan fingerprint density at radius 3 is 2.46 bits per heavy atom. The molecule has 10 heteroatoms. The fourth-order valence-corrected chi connectivity index (χ4v) is 5.74. The van der Waals surface area contributed by atoms with E-state index in [1.807, 2.05) is 56.6 Å². The first-order chi connectivity index (χ1) is 18.8. The lowest BCUT2D eigenvalue weighted by Crippen LogP contribution is -2.43. The summed E-state index contributed by atoms with van der Waals surface area (Å²) in [6.45, 7) is 3.63. The molecule has 1 aliphatic heterocycles. The number of anilines is 2. The minimum atomic E-state index is -0.777. The quantitative estimate of drug-likeness (QED) is 0.286. The van der Waals surface area contributed by atoms with Crippen LogP contribution in [0.5, 0.6) is 0 Å². The summed E-state index contributed by atoms with van der Waals surface area (Å²) < 4.78 is 5.20. The fourth-order valence-electron chi connectivity index (χ4n) is 4.47. The molecule has 0 saturated carbocycles. The van der Waals surface area contributed by atoms with E-state index in [1.54, 1.807) is 12.3 Å². The molecule has 2 N–H and O–H groups in total. The molecular formula is C29H35N5O3S2. The largest absolute Gasteiger partial charge is 0.464 e. The van der Waals surface area contributed by atoms with Gasteiger partial charge < -0.3 is 25.2 Å². The third kappa shape index (κ3) is 7.77. The van der Waals surface area contributed by atoms with Crippen LogP contribution in [0.15, 0.2) is 60.0 Å². The molecule has 2 aromatic carbocycles. The molecular weight excluding hydrogens is 530 g/mol. The zero-order chi connectivity index (χ0) is 27.8. The predicted molar refractivity (Wildman–Crippen MR) is 161 cm³/mol. The Kier molecular flexibility index (Phi) is 9.89. The lowest BCUT2D eigenvalue weighted by atomic mass is 9.98. The van der Waals surface area contributed by atoms with Crippen molar-refractivity contribution in [2.45, 2.75) is 38.1 Å². The molecule has 0 radical (unpaired) electrons. The Morgan fingerprint density at radius 2 is 1.82 bits per heavy atom. The van der Waals surface area contributed by atoms with Gasteiger partial charge in [0.25, 0.3) is 5.91 Å². The molecule has 1 atom stereocenters. The maximum atomic E-state index is 13.0. The number of esters is 1. The van der Waals surface area contributed by atoms with Gasteiger partial charge in [-0.2, -0.15) is 0 Å². The zero-order valence-corrected chi connectivity index (χ0v) is 24.2. The Morgan fingerprint density at radius 1 is 1.13 bits per heavy atom. The molecule has 206 valence electrons. The number of aromatic nitrogens is 1. The van der Waals surface area contributed by atoms with Crippen molar-refractivity contribution in [3.8, 4) is 0 Å². The van der Waals surface area contributed by atoms with E-state index in [-0.39, 0.29) is 18.4 Å². The van der Waals surface area contributed by atoms with E-state index in [0.29, 0.717) is 17.2 Å². The van der Waals surface area contributed by atoms with Gasteiger partial charge in [0.1, 0.15) is 11.7 Å². The summed E-state index contributed by atoms with van der Waals surface area (Å²) in [6.07, 6.45) is 2.15. The molecule has 0 aliphatic carbocycles. The van der Waals surface area contributed by atoms with Gasteiger partial charge in [-0.1, -0.05) is 30.3 Å². The average molecular weight is 566 g/mol. The molecule has 1 saturated heterocycles. The number of carbonyl (C=O) groups excluding carboxylic acids is 2. The van der Waals surface area contributed by atoms with Crippen molar-refractivity contribution in [1.29, 1.82) is 0 Å². The minimum Gasteiger partial charge on any atom is -0.464 e. The number of thiazole rings is 1. The van der Waals surface area contributed by atoms with E-state index in [0.717, 1.165) is 47.9 Å². The molecule has 1 aliphatic rings. The van der Waals surface area contributed by atoms with Gasteiger partial charge in [-0.3, -0.25) is 4.79 Å². The number of nitrogens with zero attached hydrogens (tertiary/aromatic N) is 3. The van der Waals surface area contributed by atoms with E-state index in [2.05, 4.69) is 37.6 Å². The summed E-state index contributed by atoms with van der Waals surface area (Å²) in [5.41, 5.74) is 3.38. The number of rotatable bonds is 9. The van der Waals surface area contributed by atoms with Crippen molar-refractivity contribution in [2.24, 2.45) is 0 Å². The van der Waals surface area contributed by atoms with Crippen LogP contribution in [0.4, 0.5) is 11.4 Å². The van der Waals surface area contributed by atoms with Crippen LogP contribution in [-0.2, 0) is 16.0 Å². The maximum absolute atomic E-state index is 13.0. The van der Waals surface area contributed by atoms with Crippen LogP contribution in [-0.4, -0.2) is 66.7 Å². The van der Waals surface area contributed by atoms with Crippen molar-refractivity contribution in [3.63, 3.8) is 0 Å². The molecule has 0 spiro atoms. The van der Waals surface area contributed by atoms with Crippen molar-refractivity contribution >= 4 is 51.9 Å². The van der Waals surface area contributed by atoms with Crippen molar-refractivity contribution in [3.05, 3.63) is 76.2 Å². The summed E-state index contributed by atoms with van der Waals surface area (Å²) in [5, 5.41) is 9.60. The van der Waals surface area contributed by atoms with Gasteiger partial charge in [0, 0.05) is 56.3 Å². The highest BCUT2D eigenvalue weighted by Crippen LogP contribution is 2.31. The highest BCUT2D eigenvalue weighted by Gasteiger charge is 2.27. The fraction of sp³-hybridized carbons (Fsp3) is 0.379. The van der Waals surface area contributed by atoms with Crippen LogP contribution in [0.25, 0.3) is 0 Å². The van der Waals surface area contributed by atoms with Gasteiger partial charge in [-0.15, -0.1) is 11.3 Å². The van der Waals surface area contributed by atoms with E-state index >= 15 is 0 Å². The third-order valence-corrected chi connectivity index (χ3v) is 8.05. The van der Waals surface area contributed by atoms with Gasteiger partial charge in [-0.05, 0) is 61.8 Å². The summed E-state index contributed by atoms with van der Waals surface area (Å²) >= 11 is 7.15. The Balaban J connectivity index is 1.31. The smallest absolute Gasteiger partial charge is 0.328 e. The second-order valence-corrected chi connectivity index (χ2v) is 10.9. The van der Waals surface area contributed by atoms with Crippen molar-refractivity contribution in [2.75, 3.05) is 44.0 Å². The summed E-state index contributed by atoms with van der Waals surface area (Å²) in [5.74, 6) is -0.550. The second kappa shape index (κ2) is 13.5. The first kappa shape index (κ1) is 28.5. The first-order valence-corrected chi connectivity index (χ1v) is 14.4. The normalized spacial score (nSPS) is 14.4. The molecule has 1 amide bonds. The third-order valence-electron chi connectivity index (χ3n) is 6.68. The number of likely N-dealkylation sites (tertiary alicyclic amines) is 1. The van der Waals surface area contributed by atoms with Crippen molar-refractivity contribution < 1.29 is 14.3 Å². The summed E-state index contributed by atoms with van der Waals surface area (Å²) in [7, 11) is 4.03. The topological polar surface area (TPSA) is 86.8 Å². The number of amides is 1. The lowest BCUT2D eigenvalue weighted by Gasteiger charge is -2.33. The first-order valence-electron chi connectivity index (χ1n) is 13.1. The number of carbonyl (C=O) groups is 2. The van der Waals surface area contributed by atoms with Crippen molar-refractivity contribution in [1.82, 2.24) is 15.2 Å². The summed E-state index contributed by atoms with van der Waals surface area (Å²) in [4.78, 5) is 34.4. The Labute approximate surface area is 239 Å².